The predicted molar refractivity (Wildman–Crippen MR) is 94.4 cm³/mol. The molecule has 1 aliphatic rings. The number of thiocarbonyl (C=S) groups is 1. The lowest BCUT2D eigenvalue weighted by molar-refractivity contribution is 0.255. The zero-order chi connectivity index (χ0) is 15.6. The van der Waals surface area contributed by atoms with E-state index < -0.39 is 0 Å². The van der Waals surface area contributed by atoms with Gasteiger partial charge in [-0.15, -0.1) is 0 Å². The zero-order valence-corrected chi connectivity index (χ0v) is 14.6. The molecule has 21 heavy (non-hydrogen) atoms. The molecule has 1 aromatic rings. The molecule has 0 bridgehead atoms. The fourth-order valence-electron chi connectivity index (χ4n) is 2.75. The molecule has 0 aromatic heterocycles. The summed E-state index contributed by atoms with van der Waals surface area (Å²) in [6.45, 7) is 11.0. The minimum absolute atomic E-state index is 0.120. The monoisotopic (exact) mass is 305 g/mol. The van der Waals surface area contributed by atoms with Crippen LogP contribution in [0.5, 0.6) is 0 Å². The lowest BCUT2D eigenvalue weighted by Crippen LogP contribution is -2.51. The Morgan fingerprint density at radius 2 is 1.95 bits per heavy atom. The van der Waals surface area contributed by atoms with Gasteiger partial charge in [-0.3, -0.25) is 5.01 Å². The van der Waals surface area contributed by atoms with Crippen LogP contribution in [0.15, 0.2) is 18.2 Å². The van der Waals surface area contributed by atoms with Crippen molar-refractivity contribution in [2.45, 2.75) is 59.5 Å². The van der Waals surface area contributed by atoms with E-state index in [1.165, 1.54) is 17.5 Å². The third-order valence-corrected chi connectivity index (χ3v) is 4.91. The summed E-state index contributed by atoms with van der Waals surface area (Å²) in [5.41, 5.74) is 7.19. The molecule has 2 unspecified atom stereocenters. The third kappa shape index (κ3) is 3.38. The van der Waals surface area contributed by atoms with Crippen LogP contribution in [-0.4, -0.2) is 10.8 Å². The topological polar surface area (TPSA) is 27.3 Å². The van der Waals surface area contributed by atoms with Gasteiger partial charge in [-0.2, -0.15) is 0 Å². The summed E-state index contributed by atoms with van der Waals surface area (Å²) < 4.78 is 0. The average molecular weight is 305 g/mol. The number of hydrogen-bond donors (Lipinski definition) is 2. The van der Waals surface area contributed by atoms with E-state index in [1.807, 2.05) is 5.01 Å². The van der Waals surface area contributed by atoms with E-state index in [0.29, 0.717) is 5.92 Å². The van der Waals surface area contributed by atoms with Crippen molar-refractivity contribution in [2.75, 3.05) is 5.01 Å². The second-order valence-electron chi connectivity index (χ2n) is 6.30. The lowest BCUT2D eigenvalue weighted by Gasteiger charge is -2.31. The zero-order valence-electron chi connectivity index (χ0n) is 13.8. The molecule has 1 aliphatic heterocycles. The highest BCUT2D eigenvalue weighted by Gasteiger charge is 2.39. The molecule has 4 heteroatoms. The van der Waals surface area contributed by atoms with E-state index in [9.17, 15) is 0 Å². The summed E-state index contributed by atoms with van der Waals surface area (Å²) in [6.07, 6.45) is 3.25. The fourth-order valence-corrected chi connectivity index (χ4v) is 3.09. The Balaban J connectivity index is 2.23. The molecule has 0 radical (unpaired) electrons. The summed E-state index contributed by atoms with van der Waals surface area (Å²) in [4.78, 5) is 0. The van der Waals surface area contributed by atoms with E-state index in [4.69, 9.17) is 12.2 Å². The first-order valence-electron chi connectivity index (χ1n) is 7.88. The number of anilines is 1. The minimum Gasteiger partial charge on any atom is -0.342 e. The summed E-state index contributed by atoms with van der Waals surface area (Å²) in [5.74, 6) is 0.660. The number of nitrogens with one attached hydrogen (secondary N) is 2. The van der Waals surface area contributed by atoms with E-state index in [-0.39, 0.29) is 5.66 Å². The maximum atomic E-state index is 5.56. The summed E-state index contributed by atoms with van der Waals surface area (Å²) >= 11 is 5.56. The van der Waals surface area contributed by atoms with Crippen molar-refractivity contribution in [1.29, 1.82) is 0 Å². The third-order valence-electron chi connectivity index (χ3n) is 4.62. The molecular formula is C17H27N3S. The van der Waals surface area contributed by atoms with Gasteiger partial charge in [-0.05, 0) is 68.1 Å². The molecule has 1 heterocycles. The second-order valence-corrected chi connectivity index (χ2v) is 6.69. The molecule has 1 aromatic carbocycles. The Kier molecular flexibility index (Phi) is 4.89. The summed E-state index contributed by atoms with van der Waals surface area (Å²) in [7, 11) is 0. The van der Waals surface area contributed by atoms with E-state index in [1.54, 1.807) is 0 Å². The molecule has 1 fully saturated rings. The van der Waals surface area contributed by atoms with Gasteiger partial charge in [0.1, 0.15) is 5.66 Å². The van der Waals surface area contributed by atoms with Gasteiger partial charge < -0.3 is 5.32 Å². The van der Waals surface area contributed by atoms with Gasteiger partial charge in [0, 0.05) is 0 Å². The number of nitrogens with zero attached hydrogens (tertiary/aromatic N) is 1. The minimum atomic E-state index is -0.120. The first-order chi connectivity index (χ1) is 9.90. The predicted octanol–water partition coefficient (Wildman–Crippen LogP) is 4.05. The first kappa shape index (κ1) is 16.2. The SMILES string of the molecule is CCC(C)CC1(CC)NC(=S)N(c2ccc(C)c(C)c2)N1. The number of benzene rings is 1. The Bertz CT molecular complexity index is 529. The van der Waals surface area contributed by atoms with Crippen LogP contribution in [0.25, 0.3) is 0 Å². The highest BCUT2D eigenvalue weighted by atomic mass is 32.1. The lowest BCUT2D eigenvalue weighted by atomic mass is 9.93. The Morgan fingerprint density at radius 1 is 1.24 bits per heavy atom. The molecular weight excluding hydrogens is 278 g/mol. The van der Waals surface area contributed by atoms with Crippen molar-refractivity contribution < 1.29 is 0 Å². The molecule has 116 valence electrons. The van der Waals surface area contributed by atoms with Gasteiger partial charge in [0.15, 0.2) is 5.11 Å². The van der Waals surface area contributed by atoms with Gasteiger partial charge in [-0.1, -0.05) is 33.3 Å². The molecule has 0 aliphatic carbocycles. The second kappa shape index (κ2) is 6.32. The maximum absolute atomic E-state index is 5.56. The van der Waals surface area contributed by atoms with Crippen LogP contribution in [0.1, 0.15) is 51.2 Å². The molecule has 2 atom stereocenters. The van der Waals surface area contributed by atoms with Crippen molar-refractivity contribution in [3.8, 4) is 0 Å². The van der Waals surface area contributed by atoms with Gasteiger partial charge in [0.25, 0.3) is 0 Å². The normalized spacial score (nSPS) is 23.3. The Labute approximate surface area is 134 Å². The summed E-state index contributed by atoms with van der Waals surface area (Å²) in [5, 5.41) is 6.30. The molecule has 3 nitrogen and oxygen atoms in total. The van der Waals surface area contributed by atoms with Crippen LogP contribution in [0, 0.1) is 19.8 Å². The van der Waals surface area contributed by atoms with Crippen molar-refractivity contribution in [3.63, 3.8) is 0 Å². The van der Waals surface area contributed by atoms with Gasteiger partial charge in [0.2, 0.25) is 0 Å². The number of hydrazine groups is 1. The molecule has 0 saturated carbocycles. The number of aryl methyl sites for hydroxylation is 2. The van der Waals surface area contributed by atoms with Crippen LogP contribution < -0.4 is 15.8 Å². The van der Waals surface area contributed by atoms with Crippen molar-refractivity contribution >= 4 is 23.0 Å². The van der Waals surface area contributed by atoms with Crippen molar-refractivity contribution in [2.24, 2.45) is 5.92 Å². The fraction of sp³-hybridized carbons (Fsp3) is 0.588. The van der Waals surface area contributed by atoms with Crippen molar-refractivity contribution in [3.05, 3.63) is 29.3 Å². The first-order valence-corrected chi connectivity index (χ1v) is 8.29. The molecule has 2 N–H and O–H groups in total. The Hall–Kier alpha value is -1.13. The highest BCUT2D eigenvalue weighted by Crippen LogP contribution is 2.28. The molecule has 1 saturated heterocycles. The van der Waals surface area contributed by atoms with Gasteiger partial charge in [0.05, 0.1) is 5.69 Å². The van der Waals surface area contributed by atoms with Crippen molar-refractivity contribution in [1.82, 2.24) is 10.7 Å². The van der Waals surface area contributed by atoms with Gasteiger partial charge >= 0.3 is 0 Å². The summed E-state index contributed by atoms with van der Waals surface area (Å²) in [6, 6.07) is 6.46. The van der Waals surface area contributed by atoms with Crippen LogP contribution in [-0.2, 0) is 0 Å². The highest BCUT2D eigenvalue weighted by molar-refractivity contribution is 7.80. The molecule has 2 rings (SSSR count). The Morgan fingerprint density at radius 3 is 2.52 bits per heavy atom. The number of rotatable bonds is 5. The van der Waals surface area contributed by atoms with E-state index >= 15 is 0 Å². The average Bonchev–Trinajstić information content (AvgIpc) is 2.79. The molecule has 0 spiro atoms. The number of hydrogen-bond acceptors (Lipinski definition) is 2. The quantitative estimate of drug-likeness (QED) is 0.803. The van der Waals surface area contributed by atoms with E-state index in [2.05, 4.69) is 63.6 Å². The standard InChI is InChI=1S/C17H27N3S/c1-6-12(3)11-17(7-2)18-16(21)20(19-17)15-9-8-13(4)14(5)10-15/h8-10,12,19H,6-7,11H2,1-5H3,(H,18,21). The maximum Gasteiger partial charge on any atom is 0.189 e. The van der Waals surface area contributed by atoms with E-state index in [0.717, 1.165) is 23.6 Å². The smallest absolute Gasteiger partial charge is 0.189 e. The van der Waals surface area contributed by atoms with Crippen LogP contribution in [0.4, 0.5) is 5.69 Å². The van der Waals surface area contributed by atoms with Crippen LogP contribution in [0.2, 0.25) is 0 Å². The largest absolute Gasteiger partial charge is 0.342 e. The van der Waals surface area contributed by atoms with Gasteiger partial charge in [-0.25, -0.2) is 5.43 Å². The van der Waals surface area contributed by atoms with Crippen LogP contribution in [0.3, 0.4) is 0 Å². The molecule has 0 amide bonds. The van der Waals surface area contributed by atoms with Crippen LogP contribution >= 0.6 is 12.2 Å².